The molecular formula is C16H13ClO2. The minimum Gasteiger partial charge on any atom is -0.389 e. The molecular weight excluding hydrogens is 260 g/mol. The second-order valence-electron chi connectivity index (χ2n) is 5.34. The first kappa shape index (κ1) is 11.5. The van der Waals surface area contributed by atoms with E-state index >= 15 is 0 Å². The monoisotopic (exact) mass is 272 g/mol. The Kier molecular flexibility index (Phi) is 2.31. The first-order chi connectivity index (χ1) is 9.18. The maximum Gasteiger partial charge on any atom is 0.0917 e. The Labute approximate surface area is 116 Å². The van der Waals surface area contributed by atoms with Crippen LogP contribution in [0, 0.1) is 0 Å². The first-order valence-corrected chi connectivity index (χ1v) is 6.80. The minimum absolute atomic E-state index is 0.150. The van der Waals surface area contributed by atoms with Gasteiger partial charge in [-0.15, -0.1) is 0 Å². The van der Waals surface area contributed by atoms with Gasteiger partial charge in [0, 0.05) is 16.9 Å². The highest BCUT2D eigenvalue weighted by atomic mass is 35.5. The number of aliphatic hydroxyl groups excluding tert-OH is 2. The molecule has 0 amide bonds. The van der Waals surface area contributed by atoms with E-state index in [1.165, 1.54) is 0 Å². The predicted octanol–water partition coefficient (Wildman–Crippen LogP) is 2.65. The summed E-state index contributed by atoms with van der Waals surface area (Å²) in [6, 6.07) is 13.8. The summed E-state index contributed by atoms with van der Waals surface area (Å²) in [5.41, 5.74) is 4.38. The molecule has 5 rings (SSSR count). The highest BCUT2D eigenvalue weighted by Gasteiger charge is 2.48. The van der Waals surface area contributed by atoms with Crippen molar-refractivity contribution in [2.75, 3.05) is 0 Å². The van der Waals surface area contributed by atoms with Crippen LogP contribution < -0.4 is 0 Å². The molecule has 0 aromatic heterocycles. The molecule has 3 heteroatoms. The summed E-state index contributed by atoms with van der Waals surface area (Å²) in [7, 11) is 0. The Hall–Kier alpha value is -1.35. The fourth-order valence-corrected chi connectivity index (χ4v) is 3.82. The van der Waals surface area contributed by atoms with Crippen LogP contribution in [0.15, 0.2) is 42.5 Å². The maximum absolute atomic E-state index is 10.4. The van der Waals surface area contributed by atoms with Crippen LogP contribution in [0.2, 0.25) is 5.02 Å². The molecule has 2 bridgehead atoms. The molecule has 19 heavy (non-hydrogen) atoms. The van der Waals surface area contributed by atoms with E-state index in [1.54, 1.807) is 0 Å². The summed E-state index contributed by atoms with van der Waals surface area (Å²) in [6.07, 6.45) is -1.50. The largest absolute Gasteiger partial charge is 0.389 e. The first-order valence-electron chi connectivity index (χ1n) is 6.43. The zero-order chi connectivity index (χ0) is 13.1. The molecule has 4 atom stereocenters. The lowest BCUT2D eigenvalue weighted by atomic mass is 9.61. The molecule has 3 aliphatic rings. The Morgan fingerprint density at radius 2 is 1.26 bits per heavy atom. The van der Waals surface area contributed by atoms with Gasteiger partial charge in [0.05, 0.1) is 12.2 Å². The Bertz CT molecular complexity index is 668. The van der Waals surface area contributed by atoms with Gasteiger partial charge in [-0.1, -0.05) is 41.9 Å². The van der Waals surface area contributed by atoms with E-state index in [2.05, 4.69) is 0 Å². The van der Waals surface area contributed by atoms with Crippen molar-refractivity contribution in [2.24, 2.45) is 0 Å². The minimum atomic E-state index is -0.758. The van der Waals surface area contributed by atoms with Gasteiger partial charge in [0.1, 0.15) is 0 Å². The lowest BCUT2D eigenvalue weighted by molar-refractivity contribution is -0.0154. The molecule has 0 radical (unpaired) electrons. The fraction of sp³-hybridized carbons (Fsp3) is 0.250. The van der Waals surface area contributed by atoms with Gasteiger partial charge in [0.2, 0.25) is 0 Å². The van der Waals surface area contributed by atoms with Gasteiger partial charge < -0.3 is 10.2 Å². The van der Waals surface area contributed by atoms with Gasteiger partial charge in [0.15, 0.2) is 0 Å². The molecule has 0 spiro atoms. The van der Waals surface area contributed by atoms with Crippen LogP contribution in [0.5, 0.6) is 0 Å². The van der Waals surface area contributed by atoms with E-state index < -0.39 is 12.2 Å². The van der Waals surface area contributed by atoms with Gasteiger partial charge in [-0.3, -0.25) is 0 Å². The number of hydrogen-bond donors (Lipinski definition) is 2. The second-order valence-corrected chi connectivity index (χ2v) is 5.78. The molecule has 2 nitrogen and oxygen atoms in total. The zero-order valence-electron chi connectivity index (χ0n) is 10.1. The van der Waals surface area contributed by atoms with E-state index in [0.29, 0.717) is 5.02 Å². The summed E-state index contributed by atoms with van der Waals surface area (Å²) in [4.78, 5) is 0. The summed E-state index contributed by atoms with van der Waals surface area (Å²) < 4.78 is 0. The van der Waals surface area contributed by atoms with Crippen molar-refractivity contribution < 1.29 is 10.2 Å². The molecule has 0 saturated heterocycles. The molecule has 96 valence electrons. The lowest BCUT2D eigenvalue weighted by Gasteiger charge is -2.46. The van der Waals surface area contributed by atoms with E-state index in [1.807, 2.05) is 42.5 Å². The van der Waals surface area contributed by atoms with Crippen molar-refractivity contribution in [3.05, 3.63) is 69.7 Å². The van der Waals surface area contributed by atoms with E-state index in [-0.39, 0.29) is 11.8 Å². The summed E-state index contributed by atoms with van der Waals surface area (Å²) in [6.45, 7) is 0. The Balaban J connectivity index is 2.05. The standard InChI is InChI=1S/C16H13ClO2/c17-8-5-6-11-12(7-8)14-10-4-2-1-3-9(10)13(11)15(18)16(14)19/h1-7,13-16,18-19H/t13-,14-,15+,16-/m0/s1. The SMILES string of the molecule is O[C@@H]1[C@H]2c3ccccc3[C@@H](c3cc(Cl)ccc32)[C@@H]1O. The summed E-state index contributed by atoms with van der Waals surface area (Å²) in [5, 5.41) is 21.4. The second kappa shape index (κ2) is 3.83. The topological polar surface area (TPSA) is 40.5 Å². The number of fused-ring (bicyclic) bond motifs is 1. The highest BCUT2D eigenvalue weighted by Crippen LogP contribution is 2.53. The summed E-state index contributed by atoms with van der Waals surface area (Å²) >= 11 is 6.08. The molecule has 3 aliphatic carbocycles. The number of benzene rings is 2. The molecule has 2 N–H and O–H groups in total. The van der Waals surface area contributed by atoms with Crippen LogP contribution in [0.25, 0.3) is 0 Å². The van der Waals surface area contributed by atoms with Gasteiger partial charge >= 0.3 is 0 Å². The third kappa shape index (κ3) is 1.39. The Morgan fingerprint density at radius 1 is 0.737 bits per heavy atom. The van der Waals surface area contributed by atoms with Crippen molar-refractivity contribution in [1.29, 1.82) is 0 Å². The molecule has 0 aliphatic heterocycles. The van der Waals surface area contributed by atoms with Gasteiger partial charge in [-0.2, -0.15) is 0 Å². The number of halogens is 1. The molecule has 0 heterocycles. The Morgan fingerprint density at radius 3 is 1.89 bits per heavy atom. The van der Waals surface area contributed by atoms with E-state index in [0.717, 1.165) is 22.3 Å². The van der Waals surface area contributed by atoms with Crippen LogP contribution in [0.1, 0.15) is 34.1 Å². The maximum atomic E-state index is 10.4. The van der Waals surface area contributed by atoms with E-state index in [4.69, 9.17) is 11.6 Å². The van der Waals surface area contributed by atoms with Gasteiger partial charge in [0.25, 0.3) is 0 Å². The average molecular weight is 273 g/mol. The lowest BCUT2D eigenvalue weighted by Crippen LogP contribution is -2.47. The molecule has 0 unspecified atom stereocenters. The molecule has 2 aromatic carbocycles. The average Bonchev–Trinajstić information content (AvgIpc) is 2.42. The zero-order valence-corrected chi connectivity index (χ0v) is 10.9. The van der Waals surface area contributed by atoms with Crippen LogP contribution in [0.4, 0.5) is 0 Å². The molecule has 2 aromatic rings. The third-order valence-corrected chi connectivity index (χ3v) is 4.65. The van der Waals surface area contributed by atoms with Gasteiger partial charge in [-0.05, 0) is 34.4 Å². The number of rotatable bonds is 0. The third-order valence-electron chi connectivity index (χ3n) is 4.42. The van der Waals surface area contributed by atoms with Crippen molar-refractivity contribution in [3.8, 4) is 0 Å². The fourth-order valence-electron chi connectivity index (χ4n) is 3.64. The molecule has 0 fully saturated rings. The van der Waals surface area contributed by atoms with Crippen molar-refractivity contribution in [2.45, 2.75) is 24.0 Å². The van der Waals surface area contributed by atoms with Crippen molar-refractivity contribution in [1.82, 2.24) is 0 Å². The van der Waals surface area contributed by atoms with Crippen molar-refractivity contribution >= 4 is 11.6 Å². The van der Waals surface area contributed by atoms with Crippen molar-refractivity contribution in [3.63, 3.8) is 0 Å². The quantitative estimate of drug-likeness (QED) is 0.774. The number of hydrogen-bond acceptors (Lipinski definition) is 2. The smallest absolute Gasteiger partial charge is 0.0917 e. The number of aliphatic hydroxyl groups is 2. The van der Waals surface area contributed by atoms with Gasteiger partial charge in [-0.25, -0.2) is 0 Å². The van der Waals surface area contributed by atoms with Crippen LogP contribution in [-0.4, -0.2) is 22.4 Å². The normalized spacial score (nSPS) is 30.9. The summed E-state index contributed by atoms with van der Waals surface area (Å²) in [5.74, 6) is -0.326. The molecule has 0 saturated carbocycles. The van der Waals surface area contributed by atoms with E-state index in [9.17, 15) is 10.2 Å². The predicted molar refractivity (Wildman–Crippen MR) is 73.6 cm³/mol. The van der Waals surface area contributed by atoms with Crippen LogP contribution in [-0.2, 0) is 0 Å². The highest BCUT2D eigenvalue weighted by molar-refractivity contribution is 6.30. The van der Waals surface area contributed by atoms with Crippen LogP contribution in [0.3, 0.4) is 0 Å². The van der Waals surface area contributed by atoms with Crippen LogP contribution >= 0.6 is 11.6 Å².